The molecular formula is C21H28N2O6S2. The van der Waals surface area contributed by atoms with Crippen molar-refractivity contribution in [1.82, 2.24) is 9.44 Å². The Hall–Kier alpha value is -2.27. The van der Waals surface area contributed by atoms with Gasteiger partial charge in [-0.3, -0.25) is 4.79 Å². The van der Waals surface area contributed by atoms with Crippen LogP contribution in [0.25, 0.3) is 0 Å². The summed E-state index contributed by atoms with van der Waals surface area (Å²) in [6, 6.07) is 14.6. The minimum atomic E-state index is -4.10. The van der Waals surface area contributed by atoms with Gasteiger partial charge in [0.25, 0.3) is 20.0 Å². The Bertz CT molecular complexity index is 990. The van der Waals surface area contributed by atoms with E-state index in [1.165, 1.54) is 48.5 Å². The largest absolute Gasteiger partial charge is 0.459 e. The van der Waals surface area contributed by atoms with Crippen LogP contribution in [0.3, 0.4) is 0 Å². The Kier molecular flexibility index (Phi) is 8.35. The van der Waals surface area contributed by atoms with Gasteiger partial charge in [0.15, 0.2) is 0 Å². The van der Waals surface area contributed by atoms with E-state index in [9.17, 15) is 21.6 Å². The minimum absolute atomic E-state index is 0.0655. The first-order valence-electron chi connectivity index (χ1n) is 9.76. The van der Waals surface area contributed by atoms with Gasteiger partial charge in [0.2, 0.25) is 0 Å². The number of hydrogen-bond donors (Lipinski definition) is 2. The molecule has 0 aliphatic carbocycles. The van der Waals surface area contributed by atoms with Crippen LogP contribution < -0.4 is 9.44 Å². The highest BCUT2D eigenvalue weighted by Gasteiger charge is 2.27. The van der Waals surface area contributed by atoms with E-state index in [1.807, 2.05) is 20.8 Å². The molecule has 1 aliphatic heterocycles. The number of carbonyl (C=O) groups is 1. The van der Waals surface area contributed by atoms with Gasteiger partial charge in [-0.25, -0.2) is 16.8 Å². The van der Waals surface area contributed by atoms with E-state index in [2.05, 4.69) is 5.32 Å². The zero-order chi connectivity index (χ0) is 23.1. The normalized spacial score (nSPS) is 16.8. The van der Waals surface area contributed by atoms with Crippen molar-refractivity contribution in [1.29, 1.82) is 0 Å². The maximum absolute atomic E-state index is 11.9. The quantitative estimate of drug-likeness (QED) is 0.647. The topological polar surface area (TPSA) is 119 Å². The summed E-state index contributed by atoms with van der Waals surface area (Å²) < 4.78 is 54.7. The zero-order valence-corrected chi connectivity index (χ0v) is 19.4. The van der Waals surface area contributed by atoms with Crippen molar-refractivity contribution >= 4 is 26.0 Å². The van der Waals surface area contributed by atoms with Gasteiger partial charge in [0.1, 0.15) is 11.6 Å². The first-order valence-corrected chi connectivity index (χ1v) is 12.7. The zero-order valence-electron chi connectivity index (χ0n) is 17.7. The fraction of sp³-hybridized carbons (Fsp3) is 0.381. The average molecular weight is 469 g/mol. The van der Waals surface area contributed by atoms with Gasteiger partial charge in [0.05, 0.1) is 9.79 Å². The standard InChI is InChI=1S/C12H11NO4S2.C9H17NO2/c14-18(15,11-7-3-1-4-8-11)13-19(16,17)12-9-5-2-6-10-12;1-9(2,3)12-8(11)7-5-4-6-10-7/h1-10,13H;7,10H,4-6H2,1-3H3/t;7-/m.0/s1. The molecule has 0 bridgehead atoms. The van der Waals surface area contributed by atoms with Crippen LogP contribution in [0.4, 0.5) is 0 Å². The number of ether oxygens (including phenoxy) is 1. The van der Waals surface area contributed by atoms with E-state index in [0.29, 0.717) is 0 Å². The maximum Gasteiger partial charge on any atom is 0.323 e. The number of sulfonamides is 2. The molecule has 1 heterocycles. The molecule has 1 saturated heterocycles. The fourth-order valence-corrected chi connectivity index (χ4v) is 5.65. The highest BCUT2D eigenvalue weighted by atomic mass is 32.3. The minimum Gasteiger partial charge on any atom is -0.459 e. The lowest BCUT2D eigenvalue weighted by Gasteiger charge is -2.21. The Balaban J connectivity index is 0.000000245. The molecule has 0 unspecified atom stereocenters. The van der Waals surface area contributed by atoms with Crippen LogP contribution in [0.5, 0.6) is 0 Å². The van der Waals surface area contributed by atoms with Crippen molar-refractivity contribution in [2.75, 3.05) is 6.54 Å². The van der Waals surface area contributed by atoms with Gasteiger partial charge in [-0.1, -0.05) is 36.4 Å². The molecule has 0 aromatic heterocycles. The van der Waals surface area contributed by atoms with Crippen molar-refractivity contribution < 1.29 is 26.4 Å². The van der Waals surface area contributed by atoms with E-state index in [4.69, 9.17) is 4.74 Å². The third kappa shape index (κ3) is 8.06. The number of rotatable bonds is 5. The van der Waals surface area contributed by atoms with Crippen molar-refractivity contribution in [3.05, 3.63) is 60.7 Å². The SMILES string of the molecule is CC(C)(C)OC(=O)[C@@H]1CCCN1.O=S(=O)(NS(=O)(=O)c1ccccc1)c1ccccc1. The number of carbonyl (C=O) groups excluding carboxylic acids is 1. The summed E-state index contributed by atoms with van der Waals surface area (Å²) in [5.41, 5.74) is -0.360. The monoisotopic (exact) mass is 468 g/mol. The molecule has 0 amide bonds. The lowest BCUT2D eigenvalue weighted by Crippen LogP contribution is -2.37. The van der Waals surface area contributed by atoms with Gasteiger partial charge >= 0.3 is 5.97 Å². The first-order chi connectivity index (χ1) is 14.4. The number of esters is 1. The van der Waals surface area contributed by atoms with Gasteiger partial charge < -0.3 is 10.1 Å². The summed E-state index contributed by atoms with van der Waals surface area (Å²) in [5, 5.41) is 3.10. The summed E-state index contributed by atoms with van der Waals surface area (Å²) in [5.74, 6) is -0.111. The van der Waals surface area contributed by atoms with Crippen LogP contribution >= 0.6 is 0 Å². The van der Waals surface area contributed by atoms with Crippen LogP contribution in [-0.4, -0.2) is 41.0 Å². The summed E-state index contributed by atoms with van der Waals surface area (Å²) in [6.45, 7) is 6.60. The van der Waals surface area contributed by atoms with Gasteiger partial charge in [0, 0.05) is 0 Å². The second-order valence-corrected chi connectivity index (χ2v) is 11.5. The van der Waals surface area contributed by atoms with E-state index in [0.717, 1.165) is 19.4 Å². The van der Waals surface area contributed by atoms with Crippen molar-refractivity contribution in [3.63, 3.8) is 0 Å². The summed E-state index contributed by atoms with van der Waals surface area (Å²) >= 11 is 0. The molecule has 2 N–H and O–H groups in total. The summed E-state index contributed by atoms with van der Waals surface area (Å²) in [4.78, 5) is 11.2. The van der Waals surface area contributed by atoms with Crippen molar-refractivity contribution in [2.45, 2.75) is 55.0 Å². The number of benzene rings is 2. The van der Waals surface area contributed by atoms with Gasteiger partial charge in [-0.05, 0) is 64.4 Å². The van der Waals surface area contributed by atoms with Crippen LogP contribution in [-0.2, 0) is 29.6 Å². The Morgan fingerprint density at radius 3 is 1.71 bits per heavy atom. The fourth-order valence-electron chi connectivity index (χ4n) is 2.70. The highest BCUT2D eigenvalue weighted by molar-refractivity contribution is 8.04. The maximum atomic E-state index is 11.9. The second kappa shape index (κ2) is 10.4. The Morgan fingerprint density at radius 1 is 0.903 bits per heavy atom. The molecule has 1 fully saturated rings. The molecular weight excluding hydrogens is 440 g/mol. The average Bonchev–Trinajstić information content (AvgIpc) is 3.23. The molecule has 2 aromatic carbocycles. The summed E-state index contributed by atoms with van der Waals surface area (Å²) in [7, 11) is -8.21. The predicted octanol–water partition coefficient (Wildman–Crippen LogP) is 2.43. The smallest absolute Gasteiger partial charge is 0.323 e. The molecule has 31 heavy (non-hydrogen) atoms. The Morgan fingerprint density at radius 2 is 1.35 bits per heavy atom. The van der Waals surface area contributed by atoms with E-state index < -0.39 is 20.0 Å². The molecule has 1 aliphatic rings. The molecule has 8 nitrogen and oxygen atoms in total. The van der Waals surface area contributed by atoms with Crippen molar-refractivity contribution in [2.24, 2.45) is 0 Å². The highest BCUT2D eigenvalue weighted by Crippen LogP contribution is 2.14. The molecule has 170 valence electrons. The second-order valence-electron chi connectivity index (χ2n) is 7.90. The van der Waals surface area contributed by atoms with E-state index in [1.54, 1.807) is 16.3 Å². The van der Waals surface area contributed by atoms with Crippen LogP contribution in [0, 0.1) is 0 Å². The van der Waals surface area contributed by atoms with E-state index >= 15 is 0 Å². The third-order valence-corrected chi connectivity index (χ3v) is 7.62. The molecule has 3 rings (SSSR count). The Labute approximate surface area is 184 Å². The third-order valence-electron chi connectivity index (χ3n) is 4.08. The van der Waals surface area contributed by atoms with Crippen LogP contribution in [0.1, 0.15) is 33.6 Å². The molecule has 2 aromatic rings. The van der Waals surface area contributed by atoms with Gasteiger partial charge in [-0.15, -0.1) is 4.13 Å². The van der Waals surface area contributed by atoms with Gasteiger partial charge in [-0.2, -0.15) is 0 Å². The molecule has 1 atom stereocenters. The molecule has 0 radical (unpaired) electrons. The first kappa shape index (κ1) is 25.0. The summed E-state index contributed by atoms with van der Waals surface area (Å²) in [6.07, 6.45) is 1.98. The molecule has 10 heteroatoms. The molecule has 0 saturated carbocycles. The van der Waals surface area contributed by atoms with Crippen LogP contribution in [0.2, 0.25) is 0 Å². The van der Waals surface area contributed by atoms with Crippen molar-refractivity contribution in [3.8, 4) is 0 Å². The molecule has 0 spiro atoms. The number of hydrogen-bond acceptors (Lipinski definition) is 7. The lowest BCUT2D eigenvalue weighted by atomic mass is 10.2. The lowest BCUT2D eigenvalue weighted by molar-refractivity contribution is -0.157. The number of nitrogens with one attached hydrogen (secondary N) is 2. The predicted molar refractivity (Wildman–Crippen MR) is 117 cm³/mol. The van der Waals surface area contributed by atoms with Crippen LogP contribution in [0.15, 0.2) is 70.5 Å². The van der Waals surface area contributed by atoms with E-state index in [-0.39, 0.29) is 27.4 Å².